The molecular formula is C24H21N5O. The number of hydrogen-bond donors (Lipinski definition) is 1. The number of benzene rings is 2. The van der Waals surface area contributed by atoms with E-state index in [0.717, 1.165) is 22.2 Å². The number of aromatic nitrogens is 1. The van der Waals surface area contributed by atoms with Gasteiger partial charge in [-0.1, -0.05) is 11.6 Å². The minimum Gasteiger partial charge on any atom is -0.370 e. The van der Waals surface area contributed by atoms with Gasteiger partial charge in [0.25, 0.3) is 0 Å². The molecule has 2 heterocycles. The van der Waals surface area contributed by atoms with Crippen molar-refractivity contribution in [2.45, 2.75) is 19.8 Å². The fourth-order valence-electron chi connectivity index (χ4n) is 3.95. The second-order valence-electron chi connectivity index (χ2n) is 7.59. The number of nitrogens with one attached hydrogen (secondary N) is 1. The van der Waals surface area contributed by atoms with Gasteiger partial charge >= 0.3 is 0 Å². The molecule has 4 rings (SSSR count). The third-order valence-corrected chi connectivity index (χ3v) is 5.58. The van der Waals surface area contributed by atoms with E-state index in [4.69, 9.17) is 5.26 Å². The molecule has 30 heavy (non-hydrogen) atoms. The van der Waals surface area contributed by atoms with Crippen molar-refractivity contribution in [3.8, 4) is 12.1 Å². The summed E-state index contributed by atoms with van der Waals surface area (Å²) < 4.78 is 0. The van der Waals surface area contributed by atoms with Gasteiger partial charge < -0.3 is 10.2 Å². The predicted molar refractivity (Wildman–Crippen MR) is 116 cm³/mol. The zero-order valence-corrected chi connectivity index (χ0v) is 16.7. The lowest BCUT2D eigenvalue weighted by Gasteiger charge is -2.34. The fraction of sp³-hybridized carbons (Fsp3) is 0.250. The van der Waals surface area contributed by atoms with Crippen molar-refractivity contribution >= 4 is 28.2 Å². The van der Waals surface area contributed by atoms with Crippen LogP contribution in [0.25, 0.3) is 10.9 Å². The average Bonchev–Trinajstić information content (AvgIpc) is 2.78. The Morgan fingerprint density at radius 3 is 2.50 bits per heavy atom. The lowest BCUT2D eigenvalue weighted by atomic mass is 9.94. The van der Waals surface area contributed by atoms with Crippen LogP contribution in [-0.4, -0.2) is 24.0 Å². The molecule has 1 amide bonds. The molecule has 0 spiro atoms. The number of carbonyl (C=O) groups is 1. The van der Waals surface area contributed by atoms with Gasteiger partial charge in [0.05, 0.1) is 28.4 Å². The van der Waals surface area contributed by atoms with E-state index in [-0.39, 0.29) is 11.8 Å². The molecule has 0 unspecified atom stereocenters. The van der Waals surface area contributed by atoms with E-state index in [1.807, 2.05) is 19.1 Å². The Hall–Kier alpha value is -3.90. The smallest absolute Gasteiger partial charge is 0.227 e. The van der Waals surface area contributed by atoms with Crippen molar-refractivity contribution in [3.05, 3.63) is 65.4 Å². The van der Waals surface area contributed by atoms with Crippen molar-refractivity contribution in [3.63, 3.8) is 0 Å². The molecule has 0 bridgehead atoms. The van der Waals surface area contributed by atoms with Gasteiger partial charge in [0.15, 0.2) is 0 Å². The lowest BCUT2D eigenvalue weighted by molar-refractivity contribution is -0.120. The van der Waals surface area contributed by atoms with Crippen molar-refractivity contribution in [1.29, 1.82) is 10.5 Å². The largest absolute Gasteiger partial charge is 0.370 e. The molecule has 1 aromatic heterocycles. The molecule has 0 aliphatic carbocycles. The Balaban J connectivity index is 1.49. The van der Waals surface area contributed by atoms with Gasteiger partial charge in [-0.3, -0.25) is 9.78 Å². The van der Waals surface area contributed by atoms with Crippen molar-refractivity contribution in [1.82, 2.24) is 4.98 Å². The van der Waals surface area contributed by atoms with Crippen LogP contribution in [0.1, 0.15) is 29.5 Å². The molecule has 1 saturated heterocycles. The first-order valence-electron chi connectivity index (χ1n) is 9.94. The van der Waals surface area contributed by atoms with Gasteiger partial charge in [-0.25, -0.2) is 0 Å². The van der Waals surface area contributed by atoms with Crippen LogP contribution >= 0.6 is 0 Å². The Kier molecular flexibility index (Phi) is 5.32. The maximum absolute atomic E-state index is 12.7. The summed E-state index contributed by atoms with van der Waals surface area (Å²) in [4.78, 5) is 19.3. The first-order valence-corrected chi connectivity index (χ1v) is 9.94. The quantitative estimate of drug-likeness (QED) is 0.719. The number of amides is 1. The van der Waals surface area contributed by atoms with Gasteiger partial charge in [0.1, 0.15) is 6.07 Å². The predicted octanol–water partition coefficient (Wildman–Crippen LogP) is 4.14. The molecule has 2 aromatic carbocycles. The van der Waals surface area contributed by atoms with Crippen LogP contribution in [0, 0.1) is 35.5 Å². The van der Waals surface area contributed by atoms with Gasteiger partial charge in [0, 0.05) is 36.3 Å². The van der Waals surface area contributed by atoms with Crippen molar-refractivity contribution in [2.24, 2.45) is 5.92 Å². The second-order valence-corrected chi connectivity index (χ2v) is 7.59. The van der Waals surface area contributed by atoms with E-state index in [1.54, 1.807) is 30.5 Å². The van der Waals surface area contributed by atoms with Gasteiger partial charge in [-0.2, -0.15) is 10.5 Å². The number of carbonyl (C=O) groups excluding carboxylic acids is 1. The van der Waals surface area contributed by atoms with Crippen LogP contribution in [0.4, 0.5) is 11.4 Å². The third kappa shape index (κ3) is 3.81. The minimum atomic E-state index is -0.0859. The molecule has 0 saturated carbocycles. The van der Waals surface area contributed by atoms with E-state index in [2.05, 4.69) is 33.4 Å². The monoisotopic (exact) mass is 395 g/mol. The highest BCUT2D eigenvalue weighted by atomic mass is 16.1. The van der Waals surface area contributed by atoms with E-state index >= 15 is 0 Å². The van der Waals surface area contributed by atoms with Crippen LogP contribution in [0.15, 0.2) is 48.7 Å². The van der Waals surface area contributed by atoms with Gasteiger partial charge in [-0.15, -0.1) is 0 Å². The van der Waals surface area contributed by atoms with Gasteiger partial charge in [-0.05, 0) is 56.2 Å². The number of nitriles is 2. The van der Waals surface area contributed by atoms with Crippen LogP contribution in [0.3, 0.4) is 0 Å². The summed E-state index contributed by atoms with van der Waals surface area (Å²) in [7, 11) is 0. The topological polar surface area (TPSA) is 92.8 Å². The summed E-state index contributed by atoms with van der Waals surface area (Å²) in [6.07, 6.45) is 3.06. The first-order chi connectivity index (χ1) is 14.6. The van der Waals surface area contributed by atoms with E-state index < -0.39 is 0 Å². The highest BCUT2D eigenvalue weighted by Crippen LogP contribution is 2.33. The molecule has 3 aromatic rings. The lowest BCUT2D eigenvalue weighted by Crippen LogP contribution is -2.38. The van der Waals surface area contributed by atoms with Crippen LogP contribution in [0.5, 0.6) is 0 Å². The number of aryl methyl sites for hydroxylation is 1. The average molecular weight is 395 g/mol. The summed E-state index contributed by atoms with van der Waals surface area (Å²) in [5, 5.41) is 22.4. The van der Waals surface area contributed by atoms with E-state index in [0.29, 0.717) is 42.7 Å². The minimum absolute atomic E-state index is 0.00436. The summed E-state index contributed by atoms with van der Waals surface area (Å²) in [6, 6.07) is 17.3. The molecule has 0 atom stereocenters. The summed E-state index contributed by atoms with van der Waals surface area (Å²) in [5.41, 5.74) is 4.73. The maximum atomic E-state index is 12.7. The maximum Gasteiger partial charge on any atom is 0.227 e. The number of hydrogen-bond acceptors (Lipinski definition) is 5. The van der Waals surface area contributed by atoms with Gasteiger partial charge in [0.2, 0.25) is 5.91 Å². The SMILES string of the molecule is Cc1ccc2ncc(C#N)c(N3CCC(C(=O)Nc4ccc(C#N)cc4)CC3)c2c1. The van der Waals surface area contributed by atoms with E-state index in [1.165, 1.54) is 0 Å². The zero-order valence-electron chi connectivity index (χ0n) is 16.7. The molecule has 1 N–H and O–H groups in total. The van der Waals surface area contributed by atoms with Crippen LogP contribution in [0.2, 0.25) is 0 Å². The Labute approximate surface area is 175 Å². The highest BCUT2D eigenvalue weighted by molar-refractivity contribution is 5.96. The number of fused-ring (bicyclic) bond motifs is 1. The summed E-state index contributed by atoms with van der Waals surface area (Å²) in [5.74, 6) is -0.0902. The molecule has 1 aliphatic rings. The molecule has 0 radical (unpaired) electrons. The van der Waals surface area contributed by atoms with Crippen LogP contribution < -0.4 is 10.2 Å². The number of rotatable bonds is 3. The van der Waals surface area contributed by atoms with E-state index in [9.17, 15) is 10.1 Å². The number of nitrogens with zero attached hydrogens (tertiary/aromatic N) is 4. The fourth-order valence-corrected chi connectivity index (χ4v) is 3.95. The third-order valence-electron chi connectivity index (χ3n) is 5.58. The standard InChI is InChI=1S/C24H21N5O/c1-16-2-7-22-21(12-16)23(19(14-26)15-27-22)29-10-8-18(9-11-29)24(30)28-20-5-3-17(13-25)4-6-20/h2-7,12,15,18H,8-11H2,1H3,(H,28,30). The Bertz CT molecular complexity index is 1180. The van der Waals surface area contributed by atoms with Crippen molar-refractivity contribution < 1.29 is 4.79 Å². The summed E-state index contributed by atoms with van der Waals surface area (Å²) >= 11 is 0. The molecule has 6 heteroatoms. The van der Waals surface area contributed by atoms with Crippen LogP contribution in [-0.2, 0) is 4.79 Å². The second kappa shape index (κ2) is 8.23. The molecule has 1 aliphatic heterocycles. The number of pyridine rings is 1. The molecular weight excluding hydrogens is 374 g/mol. The normalized spacial score (nSPS) is 14.2. The van der Waals surface area contributed by atoms with Crippen molar-refractivity contribution in [2.75, 3.05) is 23.3 Å². The Morgan fingerprint density at radius 1 is 1.10 bits per heavy atom. The molecule has 1 fully saturated rings. The first kappa shape index (κ1) is 19.4. The summed E-state index contributed by atoms with van der Waals surface area (Å²) in [6.45, 7) is 3.43. The highest BCUT2D eigenvalue weighted by Gasteiger charge is 2.27. The molecule has 6 nitrogen and oxygen atoms in total. The Morgan fingerprint density at radius 2 is 1.83 bits per heavy atom. The molecule has 148 valence electrons. The number of anilines is 2. The number of piperidine rings is 1. The zero-order chi connectivity index (χ0) is 21.1.